The largest absolute Gasteiger partial charge is 0.480 e. The van der Waals surface area contributed by atoms with Crippen LogP contribution in [0.4, 0.5) is 0 Å². The molecule has 1 N–H and O–H groups in total. The zero-order valence-corrected chi connectivity index (χ0v) is 12.7. The second kappa shape index (κ2) is 5.79. The van der Waals surface area contributed by atoms with Gasteiger partial charge in [-0.2, -0.15) is 0 Å². The number of para-hydroxylation sites is 1. The third kappa shape index (κ3) is 2.74. The van der Waals surface area contributed by atoms with Gasteiger partial charge in [-0.1, -0.05) is 12.1 Å². The Balaban J connectivity index is 2.10. The Morgan fingerprint density at radius 3 is 3.05 bits per heavy atom. The van der Waals surface area contributed by atoms with E-state index >= 15 is 0 Å². The molecule has 0 bridgehead atoms. The molecule has 0 aliphatic carbocycles. The van der Waals surface area contributed by atoms with E-state index in [9.17, 15) is 4.79 Å². The van der Waals surface area contributed by atoms with Gasteiger partial charge in [-0.3, -0.25) is 4.79 Å². The molecule has 0 aliphatic heterocycles. The number of aromatic nitrogens is 3. The van der Waals surface area contributed by atoms with E-state index in [-0.39, 0.29) is 0 Å². The van der Waals surface area contributed by atoms with Crippen LogP contribution in [-0.2, 0) is 4.79 Å². The van der Waals surface area contributed by atoms with Gasteiger partial charge in [0.05, 0.1) is 26.3 Å². The molecule has 0 radical (unpaired) electrons. The van der Waals surface area contributed by atoms with Crippen LogP contribution in [-0.4, -0.2) is 31.3 Å². The van der Waals surface area contributed by atoms with Crippen LogP contribution in [0.15, 0.2) is 41.1 Å². The lowest BCUT2D eigenvalue weighted by molar-refractivity contribution is -0.136. The first-order valence-corrected chi connectivity index (χ1v) is 7.95. The number of carbonyl (C=O) groups is 1. The summed E-state index contributed by atoms with van der Waals surface area (Å²) < 4.78 is 1.08. The minimum absolute atomic E-state index is 0.565. The van der Waals surface area contributed by atoms with Crippen LogP contribution < -0.4 is 0 Å². The van der Waals surface area contributed by atoms with E-state index in [0.29, 0.717) is 0 Å². The van der Waals surface area contributed by atoms with E-state index in [1.165, 1.54) is 18.1 Å². The van der Waals surface area contributed by atoms with Crippen LogP contribution in [0, 0.1) is 0 Å². The fraction of sp³-hybridized carbons (Fsp3) is 0.143. The number of nitrogens with zero attached hydrogens (tertiary/aromatic N) is 3. The molecule has 0 fully saturated rings. The van der Waals surface area contributed by atoms with Crippen molar-refractivity contribution < 1.29 is 9.90 Å². The zero-order valence-electron chi connectivity index (χ0n) is 11.1. The number of carboxylic acid groups (broad SMARTS) is 1. The SMILES string of the molecule is CC(Sc1cncnc1-c1cccc2scnc12)C(=O)O. The predicted octanol–water partition coefficient (Wildman–Crippen LogP) is 3.32. The van der Waals surface area contributed by atoms with Gasteiger partial charge < -0.3 is 5.11 Å². The van der Waals surface area contributed by atoms with Crippen molar-refractivity contribution in [2.24, 2.45) is 0 Å². The van der Waals surface area contributed by atoms with Crippen LogP contribution in [0.1, 0.15) is 6.92 Å². The highest BCUT2D eigenvalue weighted by Crippen LogP contribution is 2.35. The first-order chi connectivity index (χ1) is 10.2. The lowest BCUT2D eigenvalue weighted by Crippen LogP contribution is -2.11. The van der Waals surface area contributed by atoms with Gasteiger partial charge in [0.2, 0.25) is 0 Å². The second-order valence-electron chi connectivity index (χ2n) is 4.34. The number of thioether (sulfide) groups is 1. The smallest absolute Gasteiger partial charge is 0.316 e. The van der Waals surface area contributed by atoms with Gasteiger partial charge in [0.1, 0.15) is 11.6 Å². The Morgan fingerprint density at radius 1 is 1.38 bits per heavy atom. The first-order valence-electron chi connectivity index (χ1n) is 6.19. The fourth-order valence-electron chi connectivity index (χ4n) is 1.92. The molecule has 7 heteroatoms. The van der Waals surface area contributed by atoms with E-state index in [1.807, 2.05) is 18.2 Å². The van der Waals surface area contributed by atoms with Crippen molar-refractivity contribution in [2.45, 2.75) is 17.1 Å². The van der Waals surface area contributed by atoms with E-state index < -0.39 is 11.2 Å². The molecule has 0 amide bonds. The molecule has 3 aromatic rings. The number of hydrogen-bond donors (Lipinski definition) is 1. The van der Waals surface area contributed by atoms with Crippen LogP contribution in [0.2, 0.25) is 0 Å². The molecule has 1 atom stereocenters. The van der Waals surface area contributed by atoms with Crippen molar-refractivity contribution >= 4 is 39.3 Å². The maximum absolute atomic E-state index is 11.1. The molecular weight excluding hydrogens is 306 g/mol. The van der Waals surface area contributed by atoms with Crippen molar-refractivity contribution in [3.8, 4) is 11.3 Å². The van der Waals surface area contributed by atoms with Gasteiger partial charge in [-0.05, 0) is 13.0 Å². The summed E-state index contributed by atoms with van der Waals surface area (Å²) in [5.74, 6) is -0.860. The molecule has 0 saturated carbocycles. The van der Waals surface area contributed by atoms with Crippen LogP contribution >= 0.6 is 23.1 Å². The van der Waals surface area contributed by atoms with Crippen molar-refractivity contribution in [3.63, 3.8) is 0 Å². The molecule has 2 aromatic heterocycles. The Bertz CT molecular complexity index is 804. The maximum atomic E-state index is 11.1. The van der Waals surface area contributed by atoms with Crippen molar-refractivity contribution in [1.29, 1.82) is 0 Å². The Hall–Kier alpha value is -1.99. The molecule has 0 aliphatic rings. The minimum atomic E-state index is -0.860. The van der Waals surface area contributed by atoms with E-state index in [1.54, 1.807) is 30.0 Å². The summed E-state index contributed by atoms with van der Waals surface area (Å²) in [5.41, 5.74) is 4.30. The van der Waals surface area contributed by atoms with E-state index in [2.05, 4.69) is 15.0 Å². The average Bonchev–Trinajstić information content (AvgIpc) is 2.96. The molecular formula is C14H11N3O2S2. The maximum Gasteiger partial charge on any atom is 0.316 e. The minimum Gasteiger partial charge on any atom is -0.480 e. The number of aliphatic carboxylic acids is 1. The number of hydrogen-bond acceptors (Lipinski definition) is 6. The van der Waals surface area contributed by atoms with Crippen LogP contribution in [0.25, 0.3) is 21.5 Å². The average molecular weight is 317 g/mol. The van der Waals surface area contributed by atoms with E-state index in [0.717, 1.165) is 26.4 Å². The van der Waals surface area contributed by atoms with Gasteiger partial charge in [0.25, 0.3) is 0 Å². The summed E-state index contributed by atoms with van der Waals surface area (Å²) in [5, 5.41) is 8.51. The highest BCUT2D eigenvalue weighted by atomic mass is 32.2. The standard InChI is InChI=1S/C14H11N3O2S2/c1-8(14(18)19)21-11-5-15-6-16-13(11)9-3-2-4-10-12(9)17-7-20-10/h2-8H,1H3,(H,18,19). The lowest BCUT2D eigenvalue weighted by Gasteiger charge is -2.10. The third-order valence-corrected chi connectivity index (χ3v) is 4.85. The zero-order chi connectivity index (χ0) is 14.8. The van der Waals surface area contributed by atoms with Gasteiger partial charge in [0, 0.05) is 11.8 Å². The summed E-state index contributed by atoms with van der Waals surface area (Å²) in [7, 11) is 0. The summed E-state index contributed by atoms with van der Waals surface area (Å²) in [6.07, 6.45) is 3.12. The second-order valence-corrected chi connectivity index (χ2v) is 6.61. The first kappa shape index (κ1) is 14.0. The molecule has 0 spiro atoms. The number of benzene rings is 1. The van der Waals surface area contributed by atoms with Crippen molar-refractivity contribution in [3.05, 3.63) is 36.2 Å². The fourth-order valence-corrected chi connectivity index (χ4v) is 3.50. The monoisotopic (exact) mass is 317 g/mol. The number of thiazole rings is 1. The topological polar surface area (TPSA) is 76.0 Å². The number of rotatable bonds is 4. The highest BCUT2D eigenvalue weighted by molar-refractivity contribution is 8.00. The Morgan fingerprint density at radius 2 is 2.24 bits per heavy atom. The molecule has 106 valence electrons. The Labute approximate surface area is 129 Å². The normalized spacial score (nSPS) is 12.4. The molecule has 3 rings (SSSR count). The molecule has 21 heavy (non-hydrogen) atoms. The van der Waals surface area contributed by atoms with Crippen molar-refractivity contribution in [2.75, 3.05) is 0 Å². The quantitative estimate of drug-likeness (QED) is 0.744. The predicted molar refractivity (Wildman–Crippen MR) is 83.6 cm³/mol. The molecule has 0 saturated heterocycles. The highest BCUT2D eigenvalue weighted by Gasteiger charge is 2.18. The number of carboxylic acids is 1. The lowest BCUT2D eigenvalue weighted by atomic mass is 10.1. The van der Waals surface area contributed by atoms with Crippen LogP contribution in [0.5, 0.6) is 0 Å². The molecule has 5 nitrogen and oxygen atoms in total. The third-order valence-electron chi connectivity index (χ3n) is 2.95. The van der Waals surface area contributed by atoms with Gasteiger partial charge in [-0.15, -0.1) is 23.1 Å². The molecule has 2 heterocycles. The van der Waals surface area contributed by atoms with Gasteiger partial charge in [0.15, 0.2) is 0 Å². The summed E-state index contributed by atoms with van der Waals surface area (Å²) in [6.45, 7) is 1.65. The van der Waals surface area contributed by atoms with Gasteiger partial charge in [-0.25, -0.2) is 15.0 Å². The van der Waals surface area contributed by atoms with Crippen molar-refractivity contribution in [1.82, 2.24) is 15.0 Å². The van der Waals surface area contributed by atoms with E-state index in [4.69, 9.17) is 5.11 Å². The molecule has 1 aromatic carbocycles. The number of fused-ring (bicyclic) bond motifs is 1. The summed E-state index contributed by atoms with van der Waals surface area (Å²) in [4.78, 5) is 24.5. The summed E-state index contributed by atoms with van der Waals surface area (Å²) in [6, 6.07) is 5.90. The Kier molecular flexibility index (Phi) is 3.85. The molecule has 1 unspecified atom stereocenters. The summed E-state index contributed by atoms with van der Waals surface area (Å²) >= 11 is 2.80. The van der Waals surface area contributed by atoms with Crippen LogP contribution in [0.3, 0.4) is 0 Å². The van der Waals surface area contributed by atoms with Gasteiger partial charge >= 0.3 is 5.97 Å².